The van der Waals surface area contributed by atoms with E-state index in [9.17, 15) is 24.0 Å². The fourth-order valence-corrected chi connectivity index (χ4v) is 5.84. The molecule has 0 aliphatic carbocycles. The number of nitrogens with one attached hydrogen (secondary N) is 4. The first-order valence-corrected chi connectivity index (χ1v) is 15.7. The SMILES string of the molecule is CCCC[C@H](NC(=O)[C@@H](Cc1ccc(Cl)cc1)NC(=O)[C@@H]1CCCN1C(C)=O)C(=O)N[C@@H](Cc1c[nH]c2ccccc12)C(N)=O. The van der Waals surface area contributed by atoms with Crippen LogP contribution in [0.25, 0.3) is 10.9 Å². The van der Waals surface area contributed by atoms with Gasteiger partial charge in [0.25, 0.3) is 0 Å². The minimum atomic E-state index is -1.04. The maximum Gasteiger partial charge on any atom is 0.243 e. The van der Waals surface area contributed by atoms with Crippen LogP contribution in [0.2, 0.25) is 5.02 Å². The number of H-pyrrole nitrogens is 1. The number of para-hydroxylation sites is 1. The van der Waals surface area contributed by atoms with Crippen molar-refractivity contribution in [3.05, 3.63) is 70.9 Å². The van der Waals surface area contributed by atoms with Gasteiger partial charge in [0.2, 0.25) is 29.5 Å². The first-order chi connectivity index (χ1) is 21.6. The molecule has 0 saturated carbocycles. The van der Waals surface area contributed by atoms with Gasteiger partial charge in [0, 0.05) is 48.4 Å². The van der Waals surface area contributed by atoms with Crippen molar-refractivity contribution in [3.63, 3.8) is 0 Å². The molecule has 45 heavy (non-hydrogen) atoms. The van der Waals surface area contributed by atoms with Crippen LogP contribution in [0.3, 0.4) is 0 Å². The molecule has 0 bridgehead atoms. The molecule has 0 unspecified atom stereocenters. The lowest BCUT2D eigenvalue weighted by atomic mass is 10.0. The summed E-state index contributed by atoms with van der Waals surface area (Å²) in [6.07, 6.45) is 4.97. The number of nitrogens with two attached hydrogens (primary N) is 1. The number of likely N-dealkylation sites (tertiary alicyclic amines) is 1. The van der Waals surface area contributed by atoms with Crippen molar-refractivity contribution in [1.82, 2.24) is 25.8 Å². The van der Waals surface area contributed by atoms with Crippen LogP contribution < -0.4 is 21.7 Å². The van der Waals surface area contributed by atoms with Gasteiger partial charge in [-0.25, -0.2) is 0 Å². The molecule has 2 heterocycles. The molecule has 6 N–H and O–H groups in total. The van der Waals surface area contributed by atoms with Crippen LogP contribution in [-0.4, -0.2) is 70.1 Å². The highest BCUT2D eigenvalue weighted by molar-refractivity contribution is 6.30. The zero-order valence-electron chi connectivity index (χ0n) is 25.6. The van der Waals surface area contributed by atoms with Crippen LogP contribution in [0.1, 0.15) is 57.1 Å². The third kappa shape index (κ3) is 8.85. The third-order valence-corrected chi connectivity index (χ3v) is 8.44. The molecule has 4 atom stereocenters. The predicted octanol–water partition coefficient (Wildman–Crippen LogP) is 2.75. The molecule has 1 aliphatic rings. The fraction of sp³-hybridized carbons (Fsp3) is 0.424. The van der Waals surface area contributed by atoms with Gasteiger partial charge in [-0.1, -0.05) is 61.7 Å². The maximum atomic E-state index is 13.8. The first-order valence-electron chi connectivity index (χ1n) is 15.3. The number of hydrogen-bond acceptors (Lipinski definition) is 5. The highest BCUT2D eigenvalue weighted by Crippen LogP contribution is 2.20. The van der Waals surface area contributed by atoms with Gasteiger partial charge in [0.05, 0.1) is 0 Å². The van der Waals surface area contributed by atoms with Gasteiger partial charge in [-0.05, 0) is 48.6 Å². The van der Waals surface area contributed by atoms with Crippen molar-refractivity contribution in [3.8, 4) is 0 Å². The Labute approximate surface area is 267 Å². The van der Waals surface area contributed by atoms with Crippen LogP contribution in [-0.2, 0) is 36.8 Å². The number of unbranched alkanes of at least 4 members (excludes halogenated alkanes) is 1. The smallest absolute Gasteiger partial charge is 0.243 e. The summed E-state index contributed by atoms with van der Waals surface area (Å²) in [4.78, 5) is 69.9. The highest BCUT2D eigenvalue weighted by Gasteiger charge is 2.35. The number of fused-ring (bicyclic) bond motifs is 1. The van der Waals surface area contributed by atoms with Crippen LogP contribution in [0.5, 0.6) is 0 Å². The van der Waals surface area contributed by atoms with Gasteiger partial charge >= 0.3 is 0 Å². The van der Waals surface area contributed by atoms with E-state index >= 15 is 0 Å². The Morgan fingerprint density at radius 2 is 1.64 bits per heavy atom. The Kier molecular flexibility index (Phi) is 11.6. The van der Waals surface area contributed by atoms with Gasteiger partial charge in [-0.2, -0.15) is 0 Å². The van der Waals surface area contributed by atoms with Gasteiger partial charge in [-0.3, -0.25) is 24.0 Å². The highest BCUT2D eigenvalue weighted by atomic mass is 35.5. The lowest BCUT2D eigenvalue weighted by molar-refractivity contribution is -0.138. The molecular weight excluding hydrogens is 596 g/mol. The maximum absolute atomic E-state index is 13.8. The topological polar surface area (TPSA) is 166 Å². The van der Waals surface area contributed by atoms with E-state index in [2.05, 4.69) is 20.9 Å². The van der Waals surface area contributed by atoms with Crippen LogP contribution in [0.4, 0.5) is 0 Å². The Hall–Kier alpha value is -4.38. The molecule has 5 amide bonds. The second kappa shape index (κ2) is 15.6. The molecule has 240 valence electrons. The van der Waals surface area contributed by atoms with Gasteiger partial charge < -0.3 is 31.6 Å². The Morgan fingerprint density at radius 3 is 2.33 bits per heavy atom. The summed E-state index contributed by atoms with van der Waals surface area (Å²) in [5, 5.41) is 9.83. The number of amides is 5. The monoisotopic (exact) mass is 636 g/mol. The second-order valence-corrected chi connectivity index (χ2v) is 11.9. The van der Waals surface area contributed by atoms with E-state index in [1.54, 1.807) is 30.5 Å². The van der Waals surface area contributed by atoms with Gasteiger partial charge in [0.1, 0.15) is 24.2 Å². The summed E-state index contributed by atoms with van der Waals surface area (Å²) in [6, 6.07) is 10.8. The molecule has 3 aromatic rings. The summed E-state index contributed by atoms with van der Waals surface area (Å²) in [5.41, 5.74) is 8.17. The Bertz CT molecular complexity index is 1520. The fourth-order valence-electron chi connectivity index (χ4n) is 5.71. The third-order valence-electron chi connectivity index (χ3n) is 8.18. The molecule has 1 aromatic heterocycles. The summed E-state index contributed by atoms with van der Waals surface area (Å²) >= 11 is 6.05. The minimum Gasteiger partial charge on any atom is -0.368 e. The quantitative estimate of drug-likeness (QED) is 0.183. The van der Waals surface area contributed by atoms with E-state index < -0.39 is 47.8 Å². The van der Waals surface area contributed by atoms with E-state index in [0.717, 1.165) is 28.5 Å². The molecule has 4 rings (SSSR count). The number of carbonyl (C=O) groups excluding carboxylic acids is 5. The normalized spacial score (nSPS) is 16.5. The van der Waals surface area contributed by atoms with Crippen molar-refractivity contribution < 1.29 is 24.0 Å². The summed E-state index contributed by atoms with van der Waals surface area (Å²) < 4.78 is 0. The summed E-state index contributed by atoms with van der Waals surface area (Å²) in [6.45, 7) is 3.85. The Balaban J connectivity index is 1.51. The van der Waals surface area contributed by atoms with Crippen molar-refractivity contribution in [1.29, 1.82) is 0 Å². The van der Waals surface area contributed by atoms with E-state index in [0.29, 0.717) is 37.3 Å². The minimum absolute atomic E-state index is 0.133. The summed E-state index contributed by atoms with van der Waals surface area (Å²) in [5.74, 6) is -2.45. The number of nitrogens with zero attached hydrogens (tertiary/aromatic N) is 1. The molecule has 0 spiro atoms. The molecule has 2 aromatic carbocycles. The molecule has 1 saturated heterocycles. The second-order valence-electron chi connectivity index (χ2n) is 11.5. The number of benzene rings is 2. The first kappa shape index (κ1) is 33.5. The lowest BCUT2D eigenvalue weighted by Gasteiger charge is -2.27. The van der Waals surface area contributed by atoms with Crippen molar-refractivity contribution >= 4 is 52.0 Å². The van der Waals surface area contributed by atoms with Crippen molar-refractivity contribution in [2.75, 3.05) is 6.54 Å². The van der Waals surface area contributed by atoms with E-state index in [1.807, 2.05) is 31.2 Å². The van der Waals surface area contributed by atoms with Gasteiger partial charge in [-0.15, -0.1) is 0 Å². The largest absolute Gasteiger partial charge is 0.368 e. The number of aromatic nitrogens is 1. The number of carbonyl (C=O) groups is 5. The van der Waals surface area contributed by atoms with Crippen LogP contribution in [0, 0.1) is 0 Å². The van der Waals surface area contributed by atoms with Crippen LogP contribution >= 0.6 is 11.6 Å². The molecular formula is C33H41ClN6O5. The van der Waals surface area contributed by atoms with Gasteiger partial charge in [0.15, 0.2) is 0 Å². The van der Waals surface area contributed by atoms with E-state index in [4.69, 9.17) is 17.3 Å². The predicted molar refractivity (Wildman–Crippen MR) is 172 cm³/mol. The number of hydrogen-bond donors (Lipinski definition) is 5. The van der Waals surface area contributed by atoms with Crippen molar-refractivity contribution in [2.24, 2.45) is 5.73 Å². The molecule has 11 nitrogen and oxygen atoms in total. The van der Waals surface area contributed by atoms with E-state index in [-0.39, 0.29) is 18.7 Å². The number of aromatic amines is 1. The standard InChI is InChI=1S/C33H41ClN6O5/c1-3-4-9-26(31(43)38-27(30(35)42)18-22-19-36-25-10-6-5-8-24(22)25)37-32(44)28(17-21-12-14-23(34)15-13-21)39-33(45)29-11-7-16-40(29)20(2)41/h5-6,8,10,12-15,19,26-29,36H,3-4,7,9,11,16-18H2,1-2H3,(H2,35,42)(H,37,44)(H,38,43)(H,39,45)/t26-,27-,28+,29-/m0/s1. The Morgan fingerprint density at radius 1 is 0.956 bits per heavy atom. The lowest BCUT2D eigenvalue weighted by Crippen LogP contribution is -2.58. The van der Waals surface area contributed by atoms with E-state index in [1.165, 1.54) is 11.8 Å². The average Bonchev–Trinajstić information content (AvgIpc) is 3.67. The van der Waals surface area contributed by atoms with Crippen molar-refractivity contribution in [2.45, 2.75) is 83.0 Å². The summed E-state index contributed by atoms with van der Waals surface area (Å²) in [7, 11) is 0. The van der Waals surface area contributed by atoms with Crippen LogP contribution in [0.15, 0.2) is 54.7 Å². The molecule has 1 aliphatic heterocycles. The zero-order chi connectivity index (χ0) is 32.5. The number of rotatable bonds is 14. The zero-order valence-corrected chi connectivity index (χ0v) is 26.4. The number of primary amides is 1. The molecule has 1 fully saturated rings. The molecule has 12 heteroatoms. The molecule has 0 radical (unpaired) electrons. The average molecular weight is 637 g/mol. The number of halogens is 1.